The number of piperidine rings is 1. The largest absolute Gasteiger partial charge is 0.481 e. The molecule has 2 aromatic heterocycles. The fourth-order valence-electron chi connectivity index (χ4n) is 5.99. The lowest BCUT2D eigenvalue weighted by molar-refractivity contribution is -0.142. The molecule has 6 aromatic rings. The molecule has 1 N–H and O–H groups in total. The first-order valence-corrected chi connectivity index (χ1v) is 12.0. The van der Waals surface area contributed by atoms with E-state index in [9.17, 15) is 14.7 Å². The highest BCUT2D eigenvalue weighted by molar-refractivity contribution is 6.20. The highest BCUT2D eigenvalue weighted by atomic mass is 16.4. The monoisotopic (exact) mass is 461 g/mol. The molecule has 0 aliphatic carbocycles. The van der Waals surface area contributed by atoms with Crippen LogP contribution in [0.2, 0.25) is 0 Å². The van der Waals surface area contributed by atoms with Crippen LogP contribution in [0.15, 0.2) is 65.5 Å². The van der Waals surface area contributed by atoms with E-state index < -0.39 is 5.97 Å². The van der Waals surface area contributed by atoms with Crippen molar-refractivity contribution in [3.8, 4) is 0 Å². The zero-order chi connectivity index (χ0) is 23.8. The van der Waals surface area contributed by atoms with Crippen LogP contribution < -0.4 is 10.5 Å². The predicted octanol–water partition coefficient (Wildman–Crippen LogP) is 5.35. The van der Waals surface area contributed by atoms with E-state index in [2.05, 4.69) is 41.3 Å². The van der Waals surface area contributed by atoms with E-state index in [-0.39, 0.29) is 11.5 Å². The van der Waals surface area contributed by atoms with Crippen molar-refractivity contribution in [2.45, 2.75) is 19.8 Å². The average Bonchev–Trinajstić information content (AvgIpc) is 2.88. The van der Waals surface area contributed by atoms with E-state index in [1.807, 2.05) is 31.2 Å². The van der Waals surface area contributed by atoms with E-state index >= 15 is 0 Å². The van der Waals surface area contributed by atoms with Gasteiger partial charge in [0.1, 0.15) is 5.65 Å². The Kier molecular flexibility index (Phi) is 4.13. The first kappa shape index (κ1) is 20.2. The third-order valence-electron chi connectivity index (χ3n) is 7.74. The van der Waals surface area contributed by atoms with Gasteiger partial charge < -0.3 is 10.0 Å². The van der Waals surface area contributed by atoms with Crippen molar-refractivity contribution in [1.82, 2.24) is 9.38 Å². The van der Waals surface area contributed by atoms with Crippen LogP contribution >= 0.6 is 0 Å². The number of nitrogens with zero attached hydrogens (tertiary/aromatic N) is 3. The van der Waals surface area contributed by atoms with Gasteiger partial charge in [-0.15, -0.1) is 0 Å². The number of aromatic nitrogens is 2. The van der Waals surface area contributed by atoms with Crippen molar-refractivity contribution in [3.05, 3.63) is 76.6 Å². The molecule has 6 heteroatoms. The maximum absolute atomic E-state index is 14.0. The summed E-state index contributed by atoms with van der Waals surface area (Å²) in [6.45, 7) is 3.41. The highest BCUT2D eigenvalue weighted by Crippen LogP contribution is 2.38. The predicted molar refractivity (Wildman–Crippen MR) is 140 cm³/mol. The summed E-state index contributed by atoms with van der Waals surface area (Å²) in [7, 11) is 0. The molecule has 1 saturated heterocycles. The SMILES string of the molecule is Cc1ccc2cccc3nc4c5ccc(N6CCC(C(=O)O)CC6)c6cccc(c(=O)n4c1c23)c65. The molecule has 6 nitrogen and oxygen atoms in total. The maximum atomic E-state index is 14.0. The zero-order valence-corrected chi connectivity index (χ0v) is 19.3. The Morgan fingerprint density at radius 1 is 0.914 bits per heavy atom. The molecule has 7 rings (SSSR count). The van der Waals surface area contributed by atoms with Crippen LogP contribution in [0.4, 0.5) is 5.69 Å². The molecule has 35 heavy (non-hydrogen) atoms. The van der Waals surface area contributed by atoms with Crippen LogP contribution in [0.5, 0.6) is 0 Å². The summed E-state index contributed by atoms with van der Waals surface area (Å²) >= 11 is 0. The van der Waals surface area contributed by atoms with E-state index in [1.165, 1.54) is 0 Å². The fourth-order valence-corrected chi connectivity index (χ4v) is 5.99. The number of carbonyl (C=O) groups is 1. The molecule has 3 heterocycles. The Morgan fingerprint density at radius 3 is 2.49 bits per heavy atom. The van der Waals surface area contributed by atoms with Gasteiger partial charge in [0.15, 0.2) is 0 Å². The Hall–Kier alpha value is -4.19. The number of hydrogen-bond donors (Lipinski definition) is 1. The second-order valence-electron chi connectivity index (χ2n) is 9.64. The summed E-state index contributed by atoms with van der Waals surface area (Å²) in [5, 5.41) is 15.0. The number of hydrogen-bond acceptors (Lipinski definition) is 4. The first-order chi connectivity index (χ1) is 17.0. The first-order valence-electron chi connectivity index (χ1n) is 12.0. The summed E-state index contributed by atoms with van der Waals surface area (Å²) in [5.41, 5.74) is 4.49. The standard InChI is InChI=1S/C29H23N3O3/c1-16-8-9-17-4-2-7-22-24(17)26(16)32-27(30-22)20-10-11-23(31-14-12-18(13-15-31)29(34)35)19-5-3-6-21(25(19)20)28(32)33/h2-11,18H,12-15H2,1H3,(H,34,35). The summed E-state index contributed by atoms with van der Waals surface area (Å²) in [6, 6.07) is 20.3. The number of anilines is 1. The molecule has 1 aliphatic rings. The second kappa shape index (κ2) is 7.15. The number of carboxylic acids is 1. The molecular formula is C29H23N3O3. The molecule has 1 aliphatic heterocycles. The molecular weight excluding hydrogens is 438 g/mol. The highest BCUT2D eigenvalue weighted by Gasteiger charge is 2.26. The van der Waals surface area contributed by atoms with Crippen molar-refractivity contribution in [1.29, 1.82) is 0 Å². The van der Waals surface area contributed by atoms with Crippen LogP contribution in [0.25, 0.3) is 49.0 Å². The molecule has 0 radical (unpaired) electrons. The molecule has 0 unspecified atom stereocenters. The van der Waals surface area contributed by atoms with Crippen molar-refractivity contribution in [2.75, 3.05) is 18.0 Å². The quantitative estimate of drug-likeness (QED) is 0.278. The molecule has 0 saturated carbocycles. The summed E-state index contributed by atoms with van der Waals surface area (Å²) in [4.78, 5) is 32.7. The summed E-state index contributed by atoms with van der Waals surface area (Å²) in [6.07, 6.45) is 1.25. The number of aryl methyl sites for hydroxylation is 1. The fraction of sp³-hybridized carbons (Fsp3) is 0.207. The van der Waals surface area contributed by atoms with Crippen LogP contribution in [-0.2, 0) is 4.79 Å². The lowest BCUT2D eigenvalue weighted by Gasteiger charge is -2.33. The number of fused-ring (bicyclic) bond motifs is 3. The number of benzene rings is 4. The zero-order valence-electron chi connectivity index (χ0n) is 19.3. The smallest absolute Gasteiger partial charge is 0.306 e. The maximum Gasteiger partial charge on any atom is 0.306 e. The van der Waals surface area contributed by atoms with Crippen LogP contribution in [0, 0.1) is 12.8 Å². The van der Waals surface area contributed by atoms with E-state index in [0.29, 0.717) is 37.0 Å². The van der Waals surface area contributed by atoms with E-state index in [4.69, 9.17) is 4.98 Å². The Morgan fingerprint density at radius 2 is 1.69 bits per heavy atom. The van der Waals surface area contributed by atoms with Gasteiger partial charge in [0, 0.05) is 45.7 Å². The van der Waals surface area contributed by atoms with Gasteiger partial charge in [0.25, 0.3) is 5.56 Å². The molecule has 0 atom stereocenters. The Bertz CT molecular complexity index is 1880. The lowest BCUT2D eigenvalue weighted by atomic mass is 9.94. The van der Waals surface area contributed by atoms with Gasteiger partial charge in [-0.3, -0.25) is 14.0 Å². The molecule has 0 amide bonds. The molecule has 172 valence electrons. The Balaban J connectivity index is 1.57. The number of carboxylic acid groups (broad SMARTS) is 1. The van der Waals surface area contributed by atoms with Crippen LogP contribution in [-0.4, -0.2) is 33.6 Å². The third-order valence-corrected chi connectivity index (χ3v) is 7.74. The molecule has 4 aromatic carbocycles. The lowest BCUT2D eigenvalue weighted by Crippen LogP contribution is -2.36. The summed E-state index contributed by atoms with van der Waals surface area (Å²) < 4.78 is 1.79. The van der Waals surface area contributed by atoms with Gasteiger partial charge >= 0.3 is 5.97 Å². The van der Waals surface area contributed by atoms with Crippen molar-refractivity contribution < 1.29 is 9.90 Å². The number of aliphatic carboxylic acids is 1. The molecule has 0 spiro atoms. The van der Waals surface area contributed by atoms with Crippen LogP contribution in [0.3, 0.4) is 0 Å². The van der Waals surface area contributed by atoms with Gasteiger partial charge in [-0.25, -0.2) is 4.98 Å². The summed E-state index contributed by atoms with van der Waals surface area (Å²) in [5.74, 6) is -1.00. The van der Waals surface area contributed by atoms with Gasteiger partial charge in [0.2, 0.25) is 0 Å². The number of pyridine rings is 1. The minimum absolute atomic E-state index is 0.0614. The average molecular weight is 462 g/mol. The normalized spacial score (nSPS) is 15.3. The van der Waals surface area contributed by atoms with E-state index in [0.717, 1.165) is 49.2 Å². The number of rotatable bonds is 2. The van der Waals surface area contributed by atoms with Crippen molar-refractivity contribution in [2.24, 2.45) is 5.92 Å². The Labute approximate surface area is 200 Å². The minimum atomic E-state index is -0.715. The van der Waals surface area contributed by atoms with Gasteiger partial charge in [-0.2, -0.15) is 0 Å². The van der Waals surface area contributed by atoms with Crippen molar-refractivity contribution in [3.63, 3.8) is 0 Å². The van der Waals surface area contributed by atoms with Gasteiger partial charge in [-0.1, -0.05) is 36.4 Å². The second-order valence-corrected chi connectivity index (χ2v) is 9.64. The third kappa shape index (κ3) is 2.74. The van der Waals surface area contributed by atoms with Gasteiger partial charge in [-0.05, 0) is 55.0 Å². The van der Waals surface area contributed by atoms with Crippen LogP contribution in [0.1, 0.15) is 18.4 Å². The van der Waals surface area contributed by atoms with E-state index in [1.54, 1.807) is 4.40 Å². The topological polar surface area (TPSA) is 74.9 Å². The molecule has 1 fully saturated rings. The van der Waals surface area contributed by atoms with Gasteiger partial charge in [0.05, 0.1) is 17.0 Å². The van der Waals surface area contributed by atoms with Crippen molar-refractivity contribution >= 4 is 60.7 Å². The minimum Gasteiger partial charge on any atom is -0.481 e. The molecule has 0 bridgehead atoms.